The minimum Gasteiger partial charge on any atom is -0.512 e. The summed E-state index contributed by atoms with van der Waals surface area (Å²) in [5.74, 6) is -0.0625. The Kier molecular flexibility index (Phi) is 9.31. The van der Waals surface area contributed by atoms with Gasteiger partial charge in [0.05, 0.1) is 5.76 Å². The molecule has 5 nitrogen and oxygen atoms in total. The van der Waals surface area contributed by atoms with Crippen molar-refractivity contribution in [2.45, 2.75) is 13.8 Å². The molecule has 0 aliphatic carbocycles. The Hall–Kier alpha value is -4.47. The zero-order valence-corrected chi connectivity index (χ0v) is 24.4. The molecule has 0 amide bonds. The molecule has 2 aromatic heterocycles. The first kappa shape index (κ1) is 28.5. The molecule has 202 valence electrons. The number of ketones is 1. The molecule has 0 radical (unpaired) electrons. The van der Waals surface area contributed by atoms with Crippen LogP contribution >= 0.6 is 0 Å². The number of benzene rings is 4. The Morgan fingerprint density at radius 3 is 1.90 bits per heavy atom. The summed E-state index contributed by atoms with van der Waals surface area (Å²) >= 11 is 0. The number of anilines is 3. The van der Waals surface area contributed by atoms with Gasteiger partial charge in [-0.25, -0.2) is 0 Å². The van der Waals surface area contributed by atoms with Gasteiger partial charge in [0.25, 0.3) is 0 Å². The predicted octanol–water partition coefficient (Wildman–Crippen LogP) is 8.48. The van der Waals surface area contributed by atoms with E-state index in [2.05, 4.69) is 112 Å². The smallest absolute Gasteiger partial charge is 0.155 e. The van der Waals surface area contributed by atoms with E-state index >= 15 is 0 Å². The van der Waals surface area contributed by atoms with E-state index in [1.807, 2.05) is 30.5 Å². The second kappa shape index (κ2) is 13.1. The summed E-state index contributed by atoms with van der Waals surface area (Å²) < 4.78 is 2.27. The third kappa shape index (κ3) is 6.22. The van der Waals surface area contributed by atoms with Crippen LogP contribution in [0, 0.1) is 6.07 Å². The van der Waals surface area contributed by atoms with E-state index in [-0.39, 0.29) is 32.6 Å². The van der Waals surface area contributed by atoms with E-state index in [4.69, 9.17) is 5.11 Å². The van der Waals surface area contributed by atoms with Crippen LogP contribution in [-0.2, 0) is 25.9 Å². The normalized spacial score (nSPS) is 10.9. The topological polar surface area (TPSA) is 58.4 Å². The second-order valence-corrected chi connectivity index (χ2v) is 9.06. The van der Waals surface area contributed by atoms with Gasteiger partial charge < -0.3 is 19.6 Å². The van der Waals surface area contributed by atoms with Gasteiger partial charge in [0.2, 0.25) is 0 Å². The van der Waals surface area contributed by atoms with Gasteiger partial charge in [-0.05, 0) is 73.6 Å². The second-order valence-electron chi connectivity index (χ2n) is 9.06. The molecule has 0 bridgehead atoms. The maximum atomic E-state index is 10.0. The number of aliphatic hydroxyl groups excluding tert-OH is 1. The first-order valence-electron chi connectivity index (χ1n) is 12.7. The van der Waals surface area contributed by atoms with Crippen molar-refractivity contribution in [3.05, 3.63) is 139 Å². The molecule has 4 aromatic carbocycles. The zero-order valence-electron chi connectivity index (χ0n) is 22.1. The molecule has 2 heterocycles. The van der Waals surface area contributed by atoms with Gasteiger partial charge in [-0.1, -0.05) is 66.0 Å². The van der Waals surface area contributed by atoms with Crippen LogP contribution in [0.5, 0.6) is 0 Å². The average Bonchev–Trinajstić information content (AvgIpc) is 3.28. The minimum atomic E-state index is -0.125. The Labute approximate surface area is 248 Å². The molecule has 0 aliphatic heterocycles. The van der Waals surface area contributed by atoms with Gasteiger partial charge in [-0.15, -0.1) is 12.1 Å². The van der Waals surface area contributed by atoms with Crippen molar-refractivity contribution in [2.75, 3.05) is 4.90 Å². The summed E-state index contributed by atoms with van der Waals surface area (Å²) in [6, 6.07) is 43.3. The van der Waals surface area contributed by atoms with Gasteiger partial charge in [0.15, 0.2) is 5.78 Å². The van der Waals surface area contributed by atoms with Gasteiger partial charge in [0.1, 0.15) is 0 Å². The first-order chi connectivity index (χ1) is 19.0. The van der Waals surface area contributed by atoms with E-state index in [1.54, 1.807) is 0 Å². The maximum absolute atomic E-state index is 10.0. The molecule has 0 saturated carbocycles. The van der Waals surface area contributed by atoms with Gasteiger partial charge in [-0.3, -0.25) is 4.79 Å². The van der Waals surface area contributed by atoms with Crippen LogP contribution in [0.4, 0.5) is 17.1 Å². The minimum absolute atomic E-state index is 0. The largest absolute Gasteiger partial charge is 0.512 e. The molecule has 0 aliphatic rings. The third-order valence-corrected chi connectivity index (χ3v) is 6.12. The number of aromatic nitrogens is 2. The molecule has 6 heteroatoms. The molecular formula is C34H28N3O2Pt-. The number of fused-ring (bicyclic) bond motifs is 3. The summed E-state index contributed by atoms with van der Waals surface area (Å²) in [4.78, 5) is 17.0. The van der Waals surface area contributed by atoms with Crippen LogP contribution in [0.25, 0.3) is 27.6 Å². The predicted molar refractivity (Wildman–Crippen MR) is 159 cm³/mol. The number of hydrogen-bond acceptors (Lipinski definition) is 4. The summed E-state index contributed by atoms with van der Waals surface area (Å²) in [5.41, 5.74) is 7.49. The fraction of sp³-hybridized carbons (Fsp3) is 0.0588. The van der Waals surface area contributed by atoms with E-state index in [9.17, 15) is 4.79 Å². The van der Waals surface area contributed by atoms with Crippen molar-refractivity contribution in [3.8, 4) is 5.69 Å². The van der Waals surface area contributed by atoms with Crippen LogP contribution < -0.4 is 4.90 Å². The molecule has 0 fully saturated rings. The molecular weight excluding hydrogens is 677 g/mol. The molecule has 0 atom stereocenters. The van der Waals surface area contributed by atoms with Crippen molar-refractivity contribution >= 4 is 44.8 Å². The van der Waals surface area contributed by atoms with Crippen LogP contribution in [-0.4, -0.2) is 20.4 Å². The number of allylic oxidation sites excluding steroid dienone is 2. The Morgan fingerprint density at radius 2 is 1.38 bits per heavy atom. The van der Waals surface area contributed by atoms with Crippen molar-refractivity contribution in [1.82, 2.24) is 9.55 Å². The summed E-state index contributed by atoms with van der Waals surface area (Å²) in [7, 11) is 0. The Bertz CT molecular complexity index is 1700. The molecule has 6 aromatic rings. The maximum Gasteiger partial charge on any atom is 0.155 e. The average molecular weight is 706 g/mol. The number of para-hydroxylation sites is 3. The summed E-state index contributed by atoms with van der Waals surface area (Å²) in [6.45, 7) is 2.85. The summed E-state index contributed by atoms with van der Waals surface area (Å²) in [5, 5.41) is 9.39. The number of carbonyl (C=O) groups excluding carboxylic acids is 1. The molecule has 0 spiro atoms. The number of pyridine rings is 1. The van der Waals surface area contributed by atoms with Crippen LogP contribution in [0.15, 0.2) is 133 Å². The Morgan fingerprint density at radius 1 is 0.800 bits per heavy atom. The summed E-state index contributed by atoms with van der Waals surface area (Å²) in [6.07, 6.45) is 3.01. The number of carbonyl (C=O) groups is 1. The quantitative estimate of drug-likeness (QED) is 0.111. The molecule has 0 unspecified atom stereocenters. The molecule has 1 N–H and O–H groups in total. The number of nitrogens with zero attached hydrogens (tertiary/aromatic N) is 3. The SMILES string of the molecule is CC(=O)/C=C(/C)O.[Pt].[c-]1cc(N(c2ccccc2)c2ccccc2)cc2c1c1ncccc1n2-c1ccccc1. The first-order valence-corrected chi connectivity index (χ1v) is 12.7. The monoisotopic (exact) mass is 705 g/mol. The van der Waals surface area contributed by atoms with E-state index in [0.717, 1.165) is 44.7 Å². The third-order valence-electron chi connectivity index (χ3n) is 6.12. The number of hydrogen-bond donors (Lipinski definition) is 1. The standard InChI is InChI=1S/C29H20N3.C5H8O2.Pt/c1-4-11-22(12-5-1)31(23-13-6-2-7-14-23)25-18-19-26-28(21-25)32(24-15-8-3-9-16-24)27-17-10-20-30-29(26)27;1-4(6)3-5(2)7;/h1-18,20-21H;3,6H,1-2H3;/q-1;;/b;4-3-;. The molecule has 6 rings (SSSR count). The van der Waals surface area contributed by atoms with E-state index in [0.29, 0.717) is 0 Å². The van der Waals surface area contributed by atoms with Crippen molar-refractivity contribution in [1.29, 1.82) is 0 Å². The Balaban J connectivity index is 0.000000413. The van der Waals surface area contributed by atoms with Crippen molar-refractivity contribution < 1.29 is 31.0 Å². The number of aliphatic hydroxyl groups is 1. The van der Waals surface area contributed by atoms with E-state index in [1.165, 1.54) is 19.9 Å². The fourth-order valence-electron chi connectivity index (χ4n) is 4.62. The molecule has 0 saturated heterocycles. The molecule has 40 heavy (non-hydrogen) atoms. The van der Waals surface area contributed by atoms with Gasteiger partial charge in [-0.2, -0.15) is 0 Å². The van der Waals surface area contributed by atoms with Gasteiger partial charge >= 0.3 is 0 Å². The van der Waals surface area contributed by atoms with Crippen LogP contribution in [0.2, 0.25) is 0 Å². The van der Waals surface area contributed by atoms with Crippen molar-refractivity contribution in [2.24, 2.45) is 0 Å². The van der Waals surface area contributed by atoms with Crippen LogP contribution in [0.3, 0.4) is 0 Å². The van der Waals surface area contributed by atoms with Gasteiger partial charge in [0, 0.05) is 61.4 Å². The van der Waals surface area contributed by atoms with E-state index < -0.39 is 0 Å². The number of rotatable bonds is 5. The zero-order chi connectivity index (χ0) is 27.2. The van der Waals surface area contributed by atoms with Crippen LogP contribution in [0.1, 0.15) is 13.8 Å². The van der Waals surface area contributed by atoms with Crippen molar-refractivity contribution in [3.63, 3.8) is 0 Å². The fourth-order valence-corrected chi connectivity index (χ4v) is 4.62.